The van der Waals surface area contributed by atoms with E-state index in [0.717, 1.165) is 16.8 Å². The first-order chi connectivity index (χ1) is 13.6. The Balaban J connectivity index is 1.58. The third kappa shape index (κ3) is 2.81. The van der Waals surface area contributed by atoms with Crippen LogP contribution in [0.5, 0.6) is 0 Å². The van der Waals surface area contributed by atoms with Crippen molar-refractivity contribution in [3.63, 3.8) is 0 Å². The van der Waals surface area contributed by atoms with Crippen LogP contribution in [0.1, 0.15) is 35.9 Å². The molecule has 0 radical (unpaired) electrons. The van der Waals surface area contributed by atoms with Gasteiger partial charge in [-0.2, -0.15) is 10.1 Å². The Morgan fingerprint density at radius 2 is 1.75 bits per heavy atom. The monoisotopic (exact) mass is 394 g/mol. The molecule has 7 heteroatoms. The van der Waals surface area contributed by atoms with E-state index in [1.54, 1.807) is 16.8 Å². The number of Topliss-reactive ketones (excluding diaryl/α,β-unsaturated/α-hetero) is 1. The van der Waals surface area contributed by atoms with Crippen LogP contribution in [0.25, 0.3) is 0 Å². The molecule has 2 aliphatic rings. The second-order valence-electron chi connectivity index (χ2n) is 7.08. The van der Waals surface area contributed by atoms with Gasteiger partial charge in [-0.05, 0) is 47.7 Å². The van der Waals surface area contributed by atoms with Gasteiger partial charge in [-0.15, -0.1) is 0 Å². The molecule has 0 amide bonds. The SMILES string of the molecule is O=C1C[C@H](c2ccc(F)cc2)CC2=C1[C@@H](c1ccc(Cl)cc1)n1ncnc1N2. The normalized spacial score (nSPS) is 21.1. The average molecular weight is 395 g/mol. The number of benzene rings is 2. The van der Waals surface area contributed by atoms with Crippen molar-refractivity contribution in [2.75, 3.05) is 5.32 Å². The molecule has 2 heterocycles. The van der Waals surface area contributed by atoms with Gasteiger partial charge in [0.15, 0.2) is 5.78 Å². The predicted octanol–water partition coefficient (Wildman–Crippen LogP) is 4.49. The lowest BCUT2D eigenvalue weighted by molar-refractivity contribution is -0.116. The highest BCUT2D eigenvalue weighted by atomic mass is 35.5. The van der Waals surface area contributed by atoms with Crippen LogP contribution in [0, 0.1) is 5.82 Å². The molecular formula is C21H16ClFN4O. The number of halogens is 2. The highest BCUT2D eigenvalue weighted by Crippen LogP contribution is 2.43. The largest absolute Gasteiger partial charge is 0.328 e. The van der Waals surface area contributed by atoms with Crippen molar-refractivity contribution in [1.82, 2.24) is 14.8 Å². The third-order valence-corrected chi connectivity index (χ3v) is 5.64. The molecule has 1 N–H and O–H groups in total. The van der Waals surface area contributed by atoms with Crippen molar-refractivity contribution in [3.8, 4) is 0 Å². The fourth-order valence-corrected chi connectivity index (χ4v) is 4.20. The predicted molar refractivity (Wildman–Crippen MR) is 104 cm³/mol. The van der Waals surface area contributed by atoms with Gasteiger partial charge in [0.25, 0.3) is 0 Å². The maximum absolute atomic E-state index is 13.3. The summed E-state index contributed by atoms with van der Waals surface area (Å²) in [5, 5.41) is 8.25. The van der Waals surface area contributed by atoms with E-state index in [1.165, 1.54) is 18.5 Å². The van der Waals surface area contributed by atoms with E-state index in [4.69, 9.17) is 11.6 Å². The van der Waals surface area contributed by atoms with Crippen LogP contribution in [0.15, 0.2) is 66.1 Å². The Morgan fingerprint density at radius 1 is 1.04 bits per heavy atom. The van der Waals surface area contributed by atoms with E-state index in [-0.39, 0.29) is 23.6 Å². The lowest BCUT2D eigenvalue weighted by atomic mass is 9.78. The first kappa shape index (κ1) is 17.1. The number of nitrogens with one attached hydrogen (secondary N) is 1. The van der Waals surface area contributed by atoms with Crippen LogP contribution in [-0.2, 0) is 4.79 Å². The van der Waals surface area contributed by atoms with Crippen molar-refractivity contribution >= 4 is 23.3 Å². The quantitative estimate of drug-likeness (QED) is 0.695. The van der Waals surface area contributed by atoms with Gasteiger partial charge >= 0.3 is 0 Å². The van der Waals surface area contributed by atoms with Crippen LogP contribution in [0.4, 0.5) is 10.3 Å². The molecule has 2 atom stereocenters. The van der Waals surface area contributed by atoms with Crippen LogP contribution >= 0.6 is 11.6 Å². The minimum atomic E-state index is -0.340. The van der Waals surface area contributed by atoms with Gasteiger partial charge in [0.05, 0.1) is 0 Å². The van der Waals surface area contributed by atoms with Crippen LogP contribution in [0.3, 0.4) is 0 Å². The van der Waals surface area contributed by atoms with E-state index in [0.29, 0.717) is 29.4 Å². The molecule has 2 aromatic carbocycles. The van der Waals surface area contributed by atoms with E-state index >= 15 is 0 Å². The molecule has 28 heavy (non-hydrogen) atoms. The van der Waals surface area contributed by atoms with Crippen LogP contribution in [0.2, 0.25) is 5.02 Å². The Kier molecular flexibility index (Phi) is 4.02. The molecule has 5 nitrogen and oxygen atoms in total. The molecule has 0 unspecified atom stereocenters. The highest BCUT2D eigenvalue weighted by Gasteiger charge is 2.39. The molecule has 0 saturated heterocycles. The number of rotatable bonds is 2. The summed E-state index contributed by atoms with van der Waals surface area (Å²) in [5.41, 5.74) is 3.45. The molecule has 140 valence electrons. The first-order valence-corrected chi connectivity index (χ1v) is 9.41. The lowest BCUT2D eigenvalue weighted by Crippen LogP contribution is -2.33. The number of hydrogen-bond donors (Lipinski definition) is 1. The molecule has 0 bridgehead atoms. The highest BCUT2D eigenvalue weighted by molar-refractivity contribution is 6.30. The van der Waals surface area contributed by atoms with E-state index in [9.17, 15) is 9.18 Å². The van der Waals surface area contributed by atoms with Crippen LogP contribution in [-0.4, -0.2) is 20.5 Å². The Morgan fingerprint density at radius 3 is 2.50 bits per heavy atom. The number of carbonyl (C=O) groups excluding carboxylic acids is 1. The number of aromatic nitrogens is 3. The van der Waals surface area contributed by atoms with E-state index < -0.39 is 0 Å². The molecule has 1 aromatic heterocycles. The zero-order valence-corrected chi connectivity index (χ0v) is 15.5. The summed E-state index contributed by atoms with van der Waals surface area (Å²) in [6, 6.07) is 13.5. The maximum atomic E-state index is 13.3. The van der Waals surface area contributed by atoms with Gasteiger partial charge < -0.3 is 5.32 Å². The fourth-order valence-electron chi connectivity index (χ4n) is 4.08. The van der Waals surface area contributed by atoms with Crippen molar-refractivity contribution in [3.05, 3.63) is 88.1 Å². The van der Waals surface area contributed by atoms with Gasteiger partial charge in [0, 0.05) is 22.7 Å². The second-order valence-corrected chi connectivity index (χ2v) is 7.52. The van der Waals surface area contributed by atoms with E-state index in [2.05, 4.69) is 15.4 Å². The number of hydrogen-bond acceptors (Lipinski definition) is 4. The summed E-state index contributed by atoms with van der Waals surface area (Å²) in [6.45, 7) is 0. The third-order valence-electron chi connectivity index (χ3n) is 5.39. The van der Waals surface area contributed by atoms with Gasteiger partial charge in [-0.25, -0.2) is 9.07 Å². The number of allylic oxidation sites excluding steroid dienone is 2. The Bertz CT molecular complexity index is 1090. The number of fused-ring (bicyclic) bond motifs is 1. The number of nitrogens with zero attached hydrogens (tertiary/aromatic N) is 3. The van der Waals surface area contributed by atoms with E-state index in [1.807, 2.05) is 24.3 Å². The average Bonchev–Trinajstić information content (AvgIpc) is 3.16. The molecular weight excluding hydrogens is 379 g/mol. The minimum Gasteiger partial charge on any atom is -0.328 e. The van der Waals surface area contributed by atoms with Gasteiger partial charge in [-0.1, -0.05) is 35.9 Å². The summed E-state index contributed by atoms with van der Waals surface area (Å²) in [7, 11) is 0. The summed E-state index contributed by atoms with van der Waals surface area (Å²) < 4.78 is 15.0. The zero-order chi connectivity index (χ0) is 19.3. The maximum Gasteiger partial charge on any atom is 0.226 e. The van der Waals surface area contributed by atoms with Gasteiger partial charge in [-0.3, -0.25) is 4.79 Å². The van der Waals surface area contributed by atoms with Crippen molar-refractivity contribution < 1.29 is 9.18 Å². The molecule has 0 spiro atoms. The molecule has 5 rings (SSSR count). The zero-order valence-electron chi connectivity index (χ0n) is 14.8. The molecule has 0 saturated carbocycles. The number of anilines is 1. The summed E-state index contributed by atoms with van der Waals surface area (Å²) in [5.74, 6) is 0.382. The standard InChI is InChI=1S/C21H16ClFN4O/c22-15-5-1-13(2-6-15)20-19-17(26-21-24-11-25-27(20)21)9-14(10-18(19)28)12-3-7-16(23)8-4-12/h1-8,11,14,20H,9-10H2,(H,24,25,26)/t14-,20-/m1/s1. The Labute approximate surface area is 165 Å². The molecule has 0 fully saturated rings. The molecule has 1 aliphatic carbocycles. The second kappa shape index (κ2) is 6.56. The van der Waals surface area contributed by atoms with Crippen molar-refractivity contribution in [2.45, 2.75) is 24.8 Å². The molecule has 3 aromatic rings. The number of carbonyl (C=O) groups is 1. The molecule has 1 aliphatic heterocycles. The van der Waals surface area contributed by atoms with Gasteiger partial charge in [0.1, 0.15) is 18.2 Å². The lowest BCUT2D eigenvalue weighted by Gasteiger charge is -2.35. The Hall–Kier alpha value is -2.99. The summed E-state index contributed by atoms with van der Waals surface area (Å²) in [4.78, 5) is 17.5. The minimum absolute atomic E-state index is 0.000288. The van der Waals surface area contributed by atoms with Crippen molar-refractivity contribution in [2.24, 2.45) is 0 Å². The summed E-state index contributed by atoms with van der Waals surface area (Å²) >= 11 is 6.04. The van der Waals surface area contributed by atoms with Crippen LogP contribution < -0.4 is 5.32 Å². The topological polar surface area (TPSA) is 59.8 Å². The van der Waals surface area contributed by atoms with Crippen molar-refractivity contribution in [1.29, 1.82) is 0 Å². The smallest absolute Gasteiger partial charge is 0.226 e. The fraction of sp³-hybridized carbons (Fsp3) is 0.190. The first-order valence-electron chi connectivity index (χ1n) is 9.04. The van der Waals surface area contributed by atoms with Gasteiger partial charge in [0.2, 0.25) is 5.95 Å². The summed E-state index contributed by atoms with van der Waals surface area (Å²) in [6.07, 6.45) is 2.51. The number of ketones is 1.